The molecule has 2 fully saturated rings. The standard InChI is InChI=1S/C30H34F3N5O5S/c1-19-5-3-6-20(2)26(19)24-16-25(36-28(35-24)37-44(41,42)23-8-4-7-21(15-23)27(39)40)43-18-22-17-38(14-12-34-22)13-11-29(9-10-29)30(31,32)33/h3-8,15-16,22,34H,9-14,17-18H2,1-2H3,(H,39,40)(H,35,36,37). The number of hydrogen-bond acceptors (Lipinski definition) is 8. The summed E-state index contributed by atoms with van der Waals surface area (Å²) in [6.45, 7) is 5.99. The Labute approximate surface area is 253 Å². The molecule has 1 aliphatic heterocycles. The van der Waals surface area contributed by atoms with Crippen LogP contribution in [0, 0.1) is 19.3 Å². The van der Waals surface area contributed by atoms with E-state index in [4.69, 9.17) is 4.74 Å². The molecule has 1 atom stereocenters. The summed E-state index contributed by atoms with van der Waals surface area (Å²) in [5, 5.41) is 12.6. The van der Waals surface area contributed by atoms with Crippen LogP contribution in [0.2, 0.25) is 0 Å². The largest absolute Gasteiger partial charge is 0.478 e. The Bertz CT molecular complexity index is 1630. The molecule has 3 N–H and O–H groups in total. The van der Waals surface area contributed by atoms with Crippen LogP contribution >= 0.6 is 0 Å². The second-order valence-corrected chi connectivity index (χ2v) is 13.1. The lowest BCUT2D eigenvalue weighted by Crippen LogP contribution is -2.53. The zero-order valence-electron chi connectivity index (χ0n) is 24.3. The summed E-state index contributed by atoms with van der Waals surface area (Å²) in [6, 6.07) is 12.0. The number of sulfonamides is 1. The van der Waals surface area contributed by atoms with Gasteiger partial charge in [0.15, 0.2) is 0 Å². The number of carboxylic acid groups (broad SMARTS) is 1. The highest BCUT2D eigenvalue weighted by atomic mass is 32.2. The number of anilines is 1. The molecule has 14 heteroatoms. The summed E-state index contributed by atoms with van der Waals surface area (Å²) in [6.07, 6.45) is -3.73. The molecule has 5 rings (SSSR count). The Morgan fingerprint density at radius 3 is 2.50 bits per heavy atom. The van der Waals surface area contributed by atoms with Crippen molar-refractivity contribution in [3.8, 4) is 17.1 Å². The van der Waals surface area contributed by atoms with E-state index < -0.39 is 27.6 Å². The minimum Gasteiger partial charge on any atom is -0.478 e. The van der Waals surface area contributed by atoms with E-state index in [0.29, 0.717) is 31.9 Å². The van der Waals surface area contributed by atoms with Crippen LogP contribution in [0.4, 0.5) is 19.1 Å². The molecule has 0 amide bonds. The van der Waals surface area contributed by atoms with Crippen molar-refractivity contribution in [3.63, 3.8) is 0 Å². The normalized spacial score (nSPS) is 18.5. The van der Waals surface area contributed by atoms with Crippen molar-refractivity contribution in [3.05, 3.63) is 65.2 Å². The fourth-order valence-electron chi connectivity index (χ4n) is 5.46. The SMILES string of the molecule is Cc1cccc(C)c1-c1cc(OCC2CN(CCC3(C(F)(F)F)CC3)CCN2)nc(NS(=O)(=O)c2cccc(C(=O)O)c2)n1. The zero-order chi connectivity index (χ0) is 31.7. The molecule has 1 aromatic heterocycles. The number of benzene rings is 2. The first-order valence-corrected chi connectivity index (χ1v) is 15.7. The van der Waals surface area contributed by atoms with Crippen molar-refractivity contribution in [2.75, 3.05) is 37.5 Å². The number of aryl methyl sites for hydroxylation is 2. The quantitative estimate of drug-likeness (QED) is 0.276. The number of carboxylic acids is 1. The van der Waals surface area contributed by atoms with Gasteiger partial charge in [-0.05, 0) is 69.0 Å². The van der Waals surface area contributed by atoms with Crippen molar-refractivity contribution in [2.24, 2.45) is 5.41 Å². The Morgan fingerprint density at radius 2 is 1.84 bits per heavy atom. The van der Waals surface area contributed by atoms with E-state index in [0.717, 1.165) is 22.8 Å². The molecule has 44 heavy (non-hydrogen) atoms. The van der Waals surface area contributed by atoms with Gasteiger partial charge in [-0.15, -0.1) is 0 Å². The molecular weight excluding hydrogens is 599 g/mol. The van der Waals surface area contributed by atoms with Crippen LogP contribution in [0.25, 0.3) is 11.3 Å². The second kappa shape index (κ2) is 12.3. The minimum atomic E-state index is -4.26. The van der Waals surface area contributed by atoms with Crippen molar-refractivity contribution in [2.45, 2.75) is 50.2 Å². The lowest BCUT2D eigenvalue weighted by atomic mass is 10.00. The molecule has 0 spiro atoms. The van der Waals surface area contributed by atoms with Gasteiger partial charge in [-0.2, -0.15) is 18.2 Å². The number of hydrogen-bond donors (Lipinski definition) is 3. The maximum Gasteiger partial charge on any atom is 0.394 e. The van der Waals surface area contributed by atoms with E-state index in [-0.39, 0.29) is 54.2 Å². The molecule has 10 nitrogen and oxygen atoms in total. The number of piperazine rings is 1. The lowest BCUT2D eigenvalue weighted by Gasteiger charge is -2.34. The minimum absolute atomic E-state index is 0.0774. The molecule has 1 unspecified atom stereocenters. The van der Waals surface area contributed by atoms with Gasteiger partial charge in [0.1, 0.15) is 6.61 Å². The third kappa shape index (κ3) is 7.13. The predicted octanol–water partition coefficient (Wildman–Crippen LogP) is 4.64. The Hall–Kier alpha value is -3.75. The molecule has 236 valence electrons. The van der Waals surface area contributed by atoms with Gasteiger partial charge < -0.3 is 20.1 Å². The number of nitrogens with one attached hydrogen (secondary N) is 2. The molecule has 0 radical (unpaired) electrons. The third-order valence-corrected chi connectivity index (χ3v) is 9.52. The number of alkyl halides is 3. The van der Waals surface area contributed by atoms with Gasteiger partial charge in [0.2, 0.25) is 11.8 Å². The summed E-state index contributed by atoms with van der Waals surface area (Å²) >= 11 is 0. The van der Waals surface area contributed by atoms with Gasteiger partial charge in [-0.1, -0.05) is 24.3 Å². The monoisotopic (exact) mass is 633 g/mol. The van der Waals surface area contributed by atoms with Crippen molar-refractivity contribution < 1.29 is 36.2 Å². The molecule has 3 aromatic rings. The zero-order valence-corrected chi connectivity index (χ0v) is 25.1. The summed E-state index contributed by atoms with van der Waals surface area (Å²) in [7, 11) is -4.26. The Kier molecular flexibility index (Phi) is 8.87. The highest BCUT2D eigenvalue weighted by Crippen LogP contribution is 2.59. The molecular formula is C30H34F3N5O5S. The van der Waals surface area contributed by atoms with Crippen molar-refractivity contribution >= 4 is 21.9 Å². The number of nitrogens with zero attached hydrogens (tertiary/aromatic N) is 3. The first-order valence-electron chi connectivity index (χ1n) is 14.2. The number of rotatable bonds is 11. The smallest absolute Gasteiger partial charge is 0.394 e. The summed E-state index contributed by atoms with van der Waals surface area (Å²) < 4.78 is 74.9. The number of halogens is 3. The van der Waals surface area contributed by atoms with Crippen LogP contribution in [0.3, 0.4) is 0 Å². The van der Waals surface area contributed by atoms with Crippen molar-refractivity contribution in [1.29, 1.82) is 0 Å². The average Bonchev–Trinajstić information content (AvgIpc) is 3.77. The number of aromatic carboxylic acids is 1. The maximum absolute atomic E-state index is 13.4. The second-order valence-electron chi connectivity index (χ2n) is 11.4. The van der Waals surface area contributed by atoms with Gasteiger partial charge in [0, 0.05) is 31.3 Å². The Morgan fingerprint density at radius 1 is 1.14 bits per heavy atom. The topological polar surface area (TPSA) is 134 Å². The molecule has 0 bridgehead atoms. The summed E-state index contributed by atoms with van der Waals surface area (Å²) in [5.74, 6) is -1.43. The number of carbonyl (C=O) groups is 1. The molecule has 1 saturated heterocycles. The molecule has 2 aliphatic rings. The fraction of sp³-hybridized carbons (Fsp3) is 0.433. The van der Waals surface area contributed by atoms with Crippen LogP contribution < -0.4 is 14.8 Å². The fourth-order valence-corrected chi connectivity index (χ4v) is 6.45. The van der Waals surface area contributed by atoms with Crippen molar-refractivity contribution in [1.82, 2.24) is 20.2 Å². The van der Waals surface area contributed by atoms with E-state index in [1.807, 2.05) is 36.9 Å². The van der Waals surface area contributed by atoms with Gasteiger partial charge in [0.25, 0.3) is 10.0 Å². The number of aromatic nitrogens is 2. The third-order valence-electron chi connectivity index (χ3n) is 8.19. The Balaban J connectivity index is 1.35. The summed E-state index contributed by atoms with van der Waals surface area (Å²) in [4.78, 5) is 21.9. The predicted molar refractivity (Wildman–Crippen MR) is 157 cm³/mol. The van der Waals surface area contributed by atoms with Gasteiger partial charge in [-0.25, -0.2) is 22.9 Å². The molecule has 1 saturated carbocycles. The molecule has 1 aliphatic carbocycles. The van der Waals surface area contributed by atoms with E-state index in [1.54, 1.807) is 6.07 Å². The highest BCUT2D eigenvalue weighted by molar-refractivity contribution is 7.92. The first-order chi connectivity index (χ1) is 20.8. The first kappa shape index (κ1) is 31.7. The van der Waals surface area contributed by atoms with E-state index in [9.17, 15) is 31.5 Å². The van der Waals surface area contributed by atoms with Gasteiger partial charge in [-0.3, -0.25) is 0 Å². The molecule has 2 heterocycles. The van der Waals surface area contributed by atoms with Crippen LogP contribution in [0.5, 0.6) is 5.88 Å². The average molecular weight is 634 g/mol. The maximum atomic E-state index is 13.4. The van der Waals surface area contributed by atoms with Gasteiger partial charge >= 0.3 is 12.1 Å². The van der Waals surface area contributed by atoms with E-state index in [2.05, 4.69) is 20.0 Å². The van der Waals surface area contributed by atoms with Crippen LogP contribution in [-0.2, 0) is 10.0 Å². The highest BCUT2D eigenvalue weighted by Gasteiger charge is 2.62. The van der Waals surface area contributed by atoms with E-state index in [1.165, 1.54) is 18.2 Å². The van der Waals surface area contributed by atoms with Crippen LogP contribution in [0.1, 0.15) is 40.7 Å². The molecule has 2 aromatic carbocycles. The number of ether oxygens (including phenoxy) is 1. The lowest BCUT2D eigenvalue weighted by molar-refractivity contribution is -0.189. The summed E-state index contributed by atoms with van der Waals surface area (Å²) in [5.41, 5.74) is 1.25. The van der Waals surface area contributed by atoms with E-state index >= 15 is 0 Å². The van der Waals surface area contributed by atoms with Crippen LogP contribution in [-0.4, -0.2) is 79.4 Å². The van der Waals surface area contributed by atoms with Crippen LogP contribution in [0.15, 0.2) is 53.4 Å². The van der Waals surface area contributed by atoms with Gasteiger partial charge in [0.05, 0.1) is 27.6 Å².